The van der Waals surface area contributed by atoms with Crippen LogP contribution in [0, 0.1) is 0 Å². The molecule has 0 spiro atoms. The van der Waals surface area contributed by atoms with Crippen LogP contribution in [0.4, 0.5) is 0 Å². The van der Waals surface area contributed by atoms with Crippen molar-refractivity contribution >= 4 is 53.3 Å². The van der Waals surface area contributed by atoms with E-state index in [0.717, 1.165) is 25.7 Å². The van der Waals surface area contributed by atoms with E-state index in [0.29, 0.717) is 33.9 Å². The molecule has 5 heteroatoms. The highest BCUT2D eigenvalue weighted by molar-refractivity contribution is 7.25. The lowest BCUT2D eigenvalue weighted by molar-refractivity contribution is 1.07. The van der Waals surface area contributed by atoms with Gasteiger partial charge in [-0.15, -0.1) is 11.3 Å². The van der Waals surface area contributed by atoms with Crippen molar-refractivity contribution in [2.75, 3.05) is 0 Å². The van der Waals surface area contributed by atoms with Gasteiger partial charge >= 0.3 is 0 Å². The summed E-state index contributed by atoms with van der Waals surface area (Å²) in [6.45, 7) is 0. The highest BCUT2D eigenvalue weighted by Crippen LogP contribution is 2.42. The molecule has 0 fully saturated rings. The molecular formula is C51H32N4S. The Labute approximate surface area is 344 Å². The lowest BCUT2D eigenvalue weighted by Crippen LogP contribution is -2.05. The van der Waals surface area contributed by atoms with Crippen molar-refractivity contribution in [1.82, 2.24) is 19.5 Å². The van der Waals surface area contributed by atoms with Crippen LogP contribution in [0.15, 0.2) is 194 Å². The molecule has 0 aliphatic heterocycles. The summed E-state index contributed by atoms with van der Waals surface area (Å²) < 4.78 is 112. The number of rotatable bonds is 6. The van der Waals surface area contributed by atoms with Crippen molar-refractivity contribution in [3.63, 3.8) is 0 Å². The fourth-order valence-corrected chi connectivity index (χ4v) is 8.42. The minimum atomic E-state index is -0.700. The van der Waals surface area contributed by atoms with Gasteiger partial charge in [-0.3, -0.25) is 0 Å². The summed E-state index contributed by atoms with van der Waals surface area (Å²) in [5, 5.41) is 1.88. The highest BCUT2D eigenvalue weighted by Gasteiger charge is 2.23. The molecule has 0 aliphatic carbocycles. The van der Waals surface area contributed by atoms with Crippen LogP contribution >= 0.6 is 11.3 Å². The Morgan fingerprint density at radius 2 is 1.11 bits per heavy atom. The molecule has 56 heavy (non-hydrogen) atoms. The number of hydrogen-bond donors (Lipinski definition) is 0. The largest absolute Gasteiger partial charge is 0.308 e. The molecule has 0 amide bonds. The van der Waals surface area contributed by atoms with Crippen LogP contribution in [0.5, 0.6) is 0 Å². The third-order valence-electron chi connectivity index (χ3n) is 9.80. The SMILES string of the molecule is [2H]c1c([2H])c([2H])c(-c2c([2H])c([2H])c3c(c2[2H])c2c([2H])c([2H])c([2H])c([2H])c2n3-c2cccc(-c3ccccc3)c2-c2nc(-c3ccccc3)nc(-c3ccc4c(c3)sc3ccccc34)n2)c([2H])c1[2H]. The first-order chi connectivity index (χ1) is 32.8. The second kappa shape index (κ2) is 13.3. The van der Waals surface area contributed by atoms with Crippen molar-refractivity contribution in [3.05, 3.63) is 194 Å². The van der Waals surface area contributed by atoms with Crippen LogP contribution in [0.2, 0.25) is 0 Å². The van der Waals surface area contributed by atoms with Crippen LogP contribution in [0.25, 0.3) is 104 Å². The molecular weight excluding hydrogens is 701 g/mol. The van der Waals surface area contributed by atoms with Gasteiger partial charge in [-0.05, 0) is 58.6 Å². The zero-order chi connectivity index (χ0) is 47.4. The number of aromatic nitrogens is 4. The highest BCUT2D eigenvalue weighted by atomic mass is 32.1. The van der Waals surface area contributed by atoms with Crippen LogP contribution in [0.3, 0.4) is 0 Å². The summed E-state index contributed by atoms with van der Waals surface area (Å²) in [7, 11) is 0. The fraction of sp³-hybridized carbons (Fsp3) is 0. The quantitative estimate of drug-likeness (QED) is 0.170. The Hall–Kier alpha value is -7.21. The van der Waals surface area contributed by atoms with Crippen LogP contribution in [-0.2, 0) is 0 Å². The summed E-state index contributed by atoms with van der Waals surface area (Å²) in [5.74, 6) is 0.860. The maximum Gasteiger partial charge on any atom is 0.166 e. The minimum absolute atomic E-state index is 0.121. The van der Waals surface area contributed by atoms with E-state index < -0.39 is 83.6 Å². The molecule has 11 rings (SSSR count). The van der Waals surface area contributed by atoms with Crippen molar-refractivity contribution in [3.8, 4) is 62.1 Å². The Morgan fingerprint density at radius 3 is 1.95 bits per heavy atom. The van der Waals surface area contributed by atoms with Gasteiger partial charge in [0.1, 0.15) is 0 Å². The second-order valence-corrected chi connectivity index (χ2v) is 14.2. The Balaban J connectivity index is 1.29. The first kappa shape index (κ1) is 22.2. The summed E-state index contributed by atoms with van der Waals surface area (Å²) in [6.07, 6.45) is 0. The van der Waals surface area contributed by atoms with E-state index in [1.807, 2.05) is 91.0 Å². The third kappa shape index (κ3) is 5.40. The molecule has 0 aliphatic rings. The molecule has 0 bridgehead atoms. The van der Waals surface area contributed by atoms with E-state index in [1.165, 1.54) is 4.57 Å². The smallest absolute Gasteiger partial charge is 0.166 e. The summed E-state index contributed by atoms with van der Waals surface area (Å²) in [5.41, 5.74) is 2.17. The van der Waals surface area contributed by atoms with Gasteiger partial charge in [0, 0.05) is 42.1 Å². The molecule has 0 radical (unpaired) electrons. The number of benzene rings is 8. The number of para-hydroxylation sites is 1. The van der Waals surface area contributed by atoms with E-state index in [4.69, 9.17) is 24.5 Å². The Morgan fingerprint density at radius 1 is 0.429 bits per heavy atom. The van der Waals surface area contributed by atoms with Crippen molar-refractivity contribution in [2.24, 2.45) is 0 Å². The van der Waals surface area contributed by atoms with Crippen molar-refractivity contribution in [2.45, 2.75) is 0 Å². The van der Waals surface area contributed by atoms with Gasteiger partial charge in [-0.2, -0.15) is 0 Å². The van der Waals surface area contributed by atoms with E-state index >= 15 is 0 Å². The Kier molecular flexibility index (Phi) is 5.27. The van der Waals surface area contributed by atoms with Crippen molar-refractivity contribution < 1.29 is 16.4 Å². The molecule has 0 saturated heterocycles. The number of hydrogen-bond acceptors (Lipinski definition) is 4. The molecule has 0 N–H and O–H groups in total. The Bertz CT molecular complexity index is 3920. The van der Waals surface area contributed by atoms with Crippen molar-refractivity contribution in [1.29, 1.82) is 0 Å². The van der Waals surface area contributed by atoms with E-state index in [2.05, 4.69) is 18.2 Å². The second-order valence-electron chi connectivity index (χ2n) is 13.1. The number of fused-ring (bicyclic) bond motifs is 6. The normalized spacial score (nSPS) is 14.6. The zero-order valence-corrected chi connectivity index (χ0v) is 30.1. The third-order valence-corrected chi connectivity index (χ3v) is 10.9. The fourth-order valence-electron chi connectivity index (χ4n) is 7.27. The average Bonchev–Trinajstić information content (AvgIpc) is 3.93. The molecule has 262 valence electrons. The lowest BCUT2D eigenvalue weighted by atomic mass is 9.97. The molecule has 0 saturated carbocycles. The predicted molar refractivity (Wildman–Crippen MR) is 234 cm³/mol. The number of nitrogens with zero attached hydrogens (tertiary/aromatic N) is 4. The van der Waals surface area contributed by atoms with Crippen LogP contribution < -0.4 is 0 Å². The zero-order valence-electron chi connectivity index (χ0n) is 41.2. The number of thiophene rings is 1. The molecule has 11 aromatic rings. The predicted octanol–water partition coefficient (Wildman–Crippen LogP) is 13.7. The lowest BCUT2D eigenvalue weighted by Gasteiger charge is -2.18. The van der Waals surface area contributed by atoms with E-state index in [1.54, 1.807) is 23.5 Å². The topological polar surface area (TPSA) is 43.6 Å². The molecule has 0 atom stereocenters. The molecule has 3 heterocycles. The summed E-state index contributed by atoms with van der Waals surface area (Å²) in [4.78, 5) is 15.4. The van der Waals surface area contributed by atoms with E-state index in [-0.39, 0.29) is 33.3 Å². The minimum Gasteiger partial charge on any atom is -0.308 e. The van der Waals surface area contributed by atoms with Gasteiger partial charge in [-0.1, -0.05) is 158 Å². The molecule has 4 nitrogen and oxygen atoms in total. The van der Waals surface area contributed by atoms with Gasteiger partial charge in [0.05, 0.1) is 38.7 Å². The van der Waals surface area contributed by atoms with Gasteiger partial charge in [-0.25, -0.2) is 15.0 Å². The van der Waals surface area contributed by atoms with Gasteiger partial charge in [0.15, 0.2) is 17.5 Å². The molecule has 0 unspecified atom stereocenters. The summed E-state index contributed by atoms with van der Waals surface area (Å²) in [6, 6.07) is 31.0. The van der Waals surface area contributed by atoms with Crippen LogP contribution in [-0.4, -0.2) is 19.5 Å². The van der Waals surface area contributed by atoms with Gasteiger partial charge in [0.2, 0.25) is 0 Å². The maximum absolute atomic E-state index is 9.75. The standard InChI is InChI=1S/C51H32N4S/c1-4-15-33(16-5-1)36-28-30-44-42(31-36)39-21-10-12-24-43(39)55(44)45-25-14-23-38(34-17-6-2-7-18-34)48(45)51-53-49(35-19-8-3-9-20-35)52-50(54-51)37-27-29-41-40-22-11-13-26-46(40)56-47(41)32-37/h1-32H/i1D,4D,5D,10D,12D,15D,16D,21D,24D,28D,30D,31D. The maximum atomic E-state index is 9.75. The molecule has 8 aromatic carbocycles. The van der Waals surface area contributed by atoms with Crippen LogP contribution in [0.1, 0.15) is 16.4 Å². The first-order valence-corrected chi connectivity index (χ1v) is 18.6. The first-order valence-electron chi connectivity index (χ1n) is 23.8. The van der Waals surface area contributed by atoms with E-state index in [9.17, 15) is 6.85 Å². The summed E-state index contributed by atoms with van der Waals surface area (Å²) >= 11 is 1.65. The van der Waals surface area contributed by atoms with Gasteiger partial charge in [0.25, 0.3) is 0 Å². The van der Waals surface area contributed by atoms with Gasteiger partial charge < -0.3 is 4.57 Å². The monoisotopic (exact) mass is 744 g/mol. The average molecular weight is 745 g/mol. The molecule has 3 aromatic heterocycles.